The molecule has 128 valence electrons. The number of amides is 1. The third kappa shape index (κ3) is 4.21. The van der Waals surface area contributed by atoms with Crippen LogP contribution in [0.4, 0.5) is 9.52 Å². The highest BCUT2D eigenvalue weighted by molar-refractivity contribution is 8.14. The molecule has 8 heteroatoms. The van der Waals surface area contributed by atoms with Crippen molar-refractivity contribution in [1.29, 1.82) is 0 Å². The number of benzene rings is 1. The lowest BCUT2D eigenvalue weighted by Crippen LogP contribution is -2.32. The second-order valence-corrected chi connectivity index (χ2v) is 7.33. The zero-order valence-electron chi connectivity index (χ0n) is 13.3. The Morgan fingerprint density at radius 3 is 2.76 bits per heavy atom. The molecule has 3 rings (SSSR count). The van der Waals surface area contributed by atoms with Gasteiger partial charge in [-0.25, -0.2) is 9.37 Å². The molecule has 0 radical (unpaired) electrons. The van der Waals surface area contributed by atoms with E-state index in [0.717, 1.165) is 11.8 Å². The van der Waals surface area contributed by atoms with Crippen LogP contribution < -0.4 is 4.90 Å². The van der Waals surface area contributed by atoms with Gasteiger partial charge in [0.25, 0.3) is 0 Å². The van der Waals surface area contributed by atoms with E-state index in [1.807, 2.05) is 6.07 Å². The Hall–Kier alpha value is -2.32. The molecule has 0 aliphatic heterocycles. The number of nitrogens with zero attached hydrogens (tertiary/aromatic N) is 3. The van der Waals surface area contributed by atoms with Crippen LogP contribution in [0.25, 0.3) is 10.2 Å². The summed E-state index contributed by atoms with van der Waals surface area (Å²) in [7, 11) is 0. The lowest BCUT2D eigenvalue weighted by Gasteiger charge is -2.19. The van der Waals surface area contributed by atoms with Gasteiger partial charge in [-0.3, -0.25) is 19.5 Å². The number of anilines is 1. The van der Waals surface area contributed by atoms with Gasteiger partial charge in [0.1, 0.15) is 11.3 Å². The average Bonchev–Trinajstić information content (AvgIpc) is 3.04. The summed E-state index contributed by atoms with van der Waals surface area (Å²) in [6, 6.07) is 10.1. The van der Waals surface area contributed by atoms with Crippen LogP contribution in [-0.4, -0.2) is 26.7 Å². The van der Waals surface area contributed by atoms with Gasteiger partial charge in [-0.1, -0.05) is 35.2 Å². The largest absolute Gasteiger partial charge is 0.288 e. The summed E-state index contributed by atoms with van der Waals surface area (Å²) < 4.78 is 14.6. The SMILES string of the molecule is CC(=O)SCC(=O)N(Cc1ccccn1)c1nc2c(F)cccc2s1. The Balaban J connectivity index is 1.95. The third-order valence-corrected chi connectivity index (χ3v) is 5.18. The van der Waals surface area contributed by atoms with Crippen molar-refractivity contribution < 1.29 is 14.0 Å². The minimum absolute atomic E-state index is 0.000570. The molecule has 0 N–H and O–H groups in total. The molecule has 0 aliphatic rings. The molecule has 0 bridgehead atoms. The summed E-state index contributed by atoms with van der Waals surface area (Å²) in [4.78, 5) is 33.7. The van der Waals surface area contributed by atoms with E-state index in [0.29, 0.717) is 15.5 Å². The summed E-state index contributed by atoms with van der Waals surface area (Å²) in [5.41, 5.74) is 0.920. The van der Waals surface area contributed by atoms with Crippen molar-refractivity contribution in [3.05, 3.63) is 54.1 Å². The second-order valence-electron chi connectivity index (χ2n) is 5.16. The van der Waals surface area contributed by atoms with Crippen LogP contribution in [0.2, 0.25) is 0 Å². The molecular weight excluding hydrogens is 361 g/mol. The van der Waals surface area contributed by atoms with Gasteiger partial charge in [0.2, 0.25) is 5.91 Å². The van der Waals surface area contributed by atoms with Crippen molar-refractivity contribution >= 4 is 49.5 Å². The number of aromatic nitrogens is 2. The quantitative estimate of drug-likeness (QED) is 0.681. The standard InChI is InChI=1S/C17H14FN3O2S2/c1-11(22)24-10-15(23)21(9-12-5-2-3-8-19-12)17-20-16-13(18)6-4-7-14(16)25-17/h2-8H,9-10H2,1H3. The third-order valence-electron chi connectivity index (χ3n) is 3.34. The van der Waals surface area contributed by atoms with Gasteiger partial charge in [-0.2, -0.15) is 0 Å². The summed E-state index contributed by atoms with van der Waals surface area (Å²) >= 11 is 2.17. The van der Waals surface area contributed by atoms with Gasteiger partial charge < -0.3 is 0 Å². The van der Waals surface area contributed by atoms with E-state index in [1.54, 1.807) is 30.5 Å². The number of pyridine rings is 1. The van der Waals surface area contributed by atoms with E-state index >= 15 is 0 Å². The number of para-hydroxylation sites is 1. The zero-order chi connectivity index (χ0) is 17.8. The van der Waals surface area contributed by atoms with Gasteiger partial charge in [-0.15, -0.1) is 0 Å². The number of carbonyl (C=O) groups excluding carboxylic acids is 2. The number of fused-ring (bicyclic) bond motifs is 1. The Morgan fingerprint density at radius 1 is 1.24 bits per heavy atom. The highest BCUT2D eigenvalue weighted by atomic mass is 32.2. The fraction of sp³-hybridized carbons (Fsp3) is 0.176. The number of rotatable bonds is 5. The maximum Gasteiger partial charge on any atom is 0.239 e. The maximum atomic E-state index is 13.9. The first-order chi connectivity index (χ1) is 12.0. The Labute approximate surface area is 151 Å². The average molecular weight is 375 g/mol. The van der Waals surface area contributed by atoms with E-state index in [-0.39, 0.29) is 28.8 Å². The summed E-state index contributed by atoms with van der Waals surface area (Å²) in [6.07, 6.45) is 1.64. The molecule has 0 atom stereocenters. The molecule has 3 aromatic rings. The molecule has 5 nitrogen and oxygen atoms in total. The summed E-state index contributed by atoms with van der Waals surface area (Å²) in [6.45, 7) is 1.62. The fourth-order valence-electron chi connectivity index (χ4n) is 2.18. The smallest absolute Gasteiger partial charge is 0.239 e. The molecule has 0 spiro atoms. The normalized spacial score (nSPS) is 10.8. The second kappa shape index (κ2) is 7.71. The molecule has 0 aliphatic carbocycles. The van der Waals surface area contributed by atoms with Crippen molar-refractivity contribution in [3.63, 3.8) is 0 Å². The van der Waals surface area contributed by atoms with Crippen molar-refractivity contribution in [1.82, 2.24) is 9.97 Å². The van der Waals surface area contributed by atoms with E-state index in [2.05, 4.69) is 9.97 Å². The van der Waals surface area contributed by atoms with Gasteiger partial charge in [0, 0.05) is 13.1 Å². The van der Waals surface area contributed by atoms with Crippen molar-refractivity contribution in [2.45, 2.75) is 13.5 Å². The molecule has 0 unspecified atom stereocenters. The van der Waals surface area contributed by atoms with Crippen LogP contribution in [0.15, 0.2) is 42.6 Å². The molecule has 0 saturated carbocycles. The summed E-state index contributed by atoms with van der Waals surface area (Å²) in [5.74, 6) is -0.700. The van der Waals surface area contributed by atoms with Gasteiger partial charge in [0.15, 0.2) is 10.2 Å². The minimum Gasteiger partial charge on any atom is -0.288 e. The first-order valence-electron chi connectivity index (χ1n) is 7.43. The highest BCUT2D eigenvalue weighted by Gasteiger charge is 2.22. The number of thioether (sulfide) groups is 1. The summed E-state index contributed by atoms with van der Waals surface area (Å²) in [5, 5.41) is 0.251. The first kappa shape index (κ1) is 17.5. The van der Waals surface area contributed by atoms with Crippen LogP contribution in [-0.2, 0) is 16.1 Å². The van der Waals surface area contributed by atoms with Crippen LogP contribution in [0, 0.1) is 5.82 Å². The highest BCUT2D eigenvalue weighted by Crippen LogP contribution is 2.31. The molecule has 1 aromatic carbocycles. The topological polar surface area (TPSA) is 63.2 Å². The zero-order valence-corrected chi connectivity index (χ0v) is 14.9. The van der Waals surface area contributed by atoms with Crippen LogP contribution in [0.3, 0.4) is 0 Å². The van der Waals surface area contributed by atoms with Crippen molar-refractivity contribution in [2.24, 2.45) is 0 Å². The van der Waals surface area contributed by atoms with Crippen molar-refractivity contribution in [3.8, 4) is 0 Å². The minimum atomic E-state index is -0.427. The predicted molar refractivity (Wildman–Crippen MR) is 98.1 cm³/mol. The number of carbonyl (C=O) groups is 2. The van der Waals surface area contributed by atoms with Crippen LogP contribution in [0.5, 0.6) is 0 Å². The Kier molecular flexibility index (Phi) is 5.40. The number of hydrogen-bond acceptors (Lipinski definition) is 6. The van der Waals surface area contributed by atoms with Gasteiger partial charge in [0.05, 0.1) is 22.7 Å². The number of thiazole rings is 1. The number of halogens is 1. The lowest BCUT2D eigenvalue weighted by molar-refractivity contribution is -0.116. The molecule has 2 heterocycles. The number of hydrogen-bond donors (Lipinski definition) is 0. The fourth-order valence-corrected chi connectivity index (χ4v) is 3.66. The van der Waals surface area contributed by atoms with E-state index < -0.39 is 5.82 Å². The molecule has 0 fully saturated rings. The maximum absolute atomic E-state index is 13.9. The van der Waals surface area contributed by atoms with E-state index in [1.165, 1.54) is 29.2 Å². The monoisotopic (exact) mass is 375 g/mol. The Morgan fingerprint density at radius 2 is 2.08 bits per heavy atom. The molecule has 2 aromatic heterocycles. The van der Waals surface area contributed by atoms with Crippen molar-refractivity contribution in [2.75, 3.05) is 10.7 Å². The first-order valence-corrected chi connectivity index (χ1v) is 9.23. The molecule has 1 amide bonds. The molecule has 0 saturated heterocycles. The van der Waals surface area contributed by atoms with Gasteiger partial charge >= 0.3 is 0 Å². The van der Waals surface area contributed by atoms with Crippen LogP contribution in [0.1, 0.15) is 12.6 Å². The lowest BCUT2D eigenvalue weighted by atomic mass is 10.3. The van der Waals surface area contributed by atoms with E-state index in [9.17, 15) is 14.0 Å². The molecular formula is C17H14FN3O2S2. The predicted octanol–water partition coefficient (Wildman–Crippen LogP) is 3.64. The Bertz CT molecular complexity index is 915. The van der Waals surface area contributed by atoms with E-state index in [4.69, 9.17) is 0 Å². The van der Waals surface area contributed by atoms with Gasteiger partial charge in [-0.05, 0) is 24.3 Å². The van der Waals surface area contributed by atoms with Crippen LogP contribution >= 0.6 is 23.1 Å². The molecule has 25 heavy (non-hydrogen) atoms.